The Kier molecular flexibility index (Phi) is 3.57. The summed E-state index contributed by atoms with van der Waals surface area (Å²) in [5.41, 5.74) is 6.27. The van der Waals surface area contributed by atoms with Crippen LogP contribution in [0.5, 0.6) is 0 Å². The van der Waals surface area contributed by atoms with E-state index in [1.807, 2.05) is 25.5 Å². The van der Waals surface area contributed by atoms with Gasteiger partial charge in [-0.15, -0.1) is 0 Å². The summed E-state index contributed by atoms with van der Waals surface area (Å²) in [7, 11) is 0. The van der Waals surface area contributed by atoms with Gasteiger partial charge in [0.1, 0.15) is 5.82 Å². The summed E-state index contributed by atoms with van der Waals surface area (Å²) in [5.74, 6) is 0.832. The van der Waals surface area contributed by atoms with E-state index in [4.69, 9.17) is 10.8 Å². The molecule has 0 saturated heterocycles. The summed E-state index contributed by atoms with van der Waals surface area (Å²) < 4.78 is 1.81. The monoisotopic (exact) mass is 212 g/mol. The molecule has 86 valence electrons. The van der Waals surface area contributed by atoms with Crippen molar-refractivity contribution in [3.63, 3.8) is 0 Å². The van der Waals surface area contributed by atoms with Crippen LogP contribution in [-0.4, -0.2) is 28.0 Å². The molecule has 1 aromatic rings. The highest BCUT2D eigenvalue weighted by Crippen LogP contribution is 2.20. The van der Waals surface area contributed by atoms with Gasteiger partial charge in [-0.3, -0.25) is 0 Å². The normalized spacial score (nSPS) is 11.7. The number of aryl methyl sites for hydroxylation is 1. The first-order valence-corrected chi connectivity index (χ1v) is 5.16. The minimum Gasteiger partial charge on any atom is -0.396 e. The maximum atomic E-state index is 9.12. The van der Waals surface area contributed by atoms with Gasteiger partial charge in [0.05, 0.1) is 11.9 Å². The Morgan fingerprint density at radius 2 is 2.27 bits per heavy atom. The molecule has 5 heteroatoms. The minimum absolute atomic E-state index is 0.139. The van der Waals surface area contributed by atoms with E-state index in [1.165, 1.54) is 0 Å². The Morgan fingerprint density at radius 3 is 2.80 bits per heavy atom. The summed E-state index contributed by atoms with van der Waals surface area (Å²) in [6, 6.07) is 0. The lowest BCUT2D eigenvalue weighted by atomic mass is 9.95. The molecular weight excluding hydrogens is 192 g/mol. The van der Waals surface area contributed by atoms with Gasteiger partial charge >= 0.3 is 0 Å². The third-order valence-corrected chi connectivity index (χ3v) is 2.33. The van der Waals surface area contributed by atoms with Crippen molar-refractivity contribution in [3.05, 3.63) is 6.20 Å². The van der Waals surface area contributed by atoms with E-state index >= 15 is 0 Å². The van der Waals surface area contributed by atoms with Gasteiger partial charge in [0.2, 0.25) is 0 Å². The molecule has 0 fully saturated rings. The molecular formula is C10H20N4O. The van der Waals surface area contributed by atoms with E-state index in [2.05, 4.69) is 10.4 Å². The summed E-state index contributed by atoms with van der Waals surface area (Å²) in [6.07, 6.45) is 1.64. The number of nitrogens with two attached hydrogens (primary N) is 1. The van der Waals surface area contributed by atoms with Crippen molar-refractivity contribution >= 4 is 11.5 Å². The fourth-order valence-electron chi connectivity index (χ4n) is 1.21. The number of hydrogen-bond acceptors (Lipinski definition) is 4. The van der Waals surface area contributed by atoms with Gasteiger partial charge in [-0.05, 0) is 6.92 Å². The van der Waals surface area contributed by atoms with Crippen LogP contribution < -0.4 is 11.1 Å². The highest BCUT2D eigenvalue weighted by Gasteiger charge is 2.17. The predicted molar refractivity (Wildman–Crippen MR) is 61.7 cm³/mol. The van der Waals surface area contributed by atoms with E-state index in [0.717, 1.165) is 12.4 Å². The highest BCUT2D eigenvalue weighted by molar-refractivity contribution is 5.60. The smallest absolute Gasteiger partial charge is 0.147 e. The van der Waals surface area contributed by atoms with Crippen LogP contribution in [0.1, 0.15) is 20.8 Å². The third kappa shape index (κ3) is 2.86. The summed E-state index contributed by atoms with van der Waals surface area (Å²) in [5, 5.41) is 16.5. The molecule has 0 unspecified atom stereocenters. The van der Waals surface area contributed by atoms with Crippen molar-refractivity contribution in [3.8, 4) is 0 Å². The topological polar surface area (TPSA) is 76.1 Å². The molecule has 0 saturated carbocycles. The maximum absolute atomic E-state index is 9.12. The van der Waals surface area contributed by atoms with Crippen molar-refractivity contribution in [2.75, 3.05) is 24.2 Å². The average Bonchev–Trinajstić information content (AvgIpc) is 2.56. The van der Waals surface area contributed by atoms with Gasteiger partial charge < -0.3 is 16.2 Å². The van der Waals surface area contributed by atoms with E-state index in [9.17, 15) is 0 Å². The zero-order valence-corrected chi connectivity index (χ0v) is 9.62. The third-order valence-electron chi connectivity index (χ3n) is 2.33. The second kappa shape index (κ2) is 4.53. The van der Waals surface area contributed by atoms with Crippen molar-refractivity contribution in [2.24, 2.45) is 5.41 Å². The van der Waals surface area contributed by atoms with E-state index < -0.39 is 0 Å². The first-order chi connectivity index (χ1) is 7.00. The molecule has 0 aromatic carbocycles. The van der Waals surface area contributed by atoms with Crippen LogP contribution >= 0.6 is 0 Å². The van der Waals surface area contributed by atoms with Crippen LogP contribution in [0.3, 0.4) is 0 Å². The number of nitrogens with zero attached hydrogens (tertiary/aromatic N) is 2. The summed E-state index contributed by atoms with van der Waals surface area (Å²) in [6.45, 7) is 7.57. The van der Waals surface area contributed by atoms with E-state index in [0.29, 0.717) is 12.2 Å². The Bertz CT molecular complexity index is 319. The summed E-state index contributed by atoms with van der Waals surface area (Å²) in [4.78, 5) is 0. The highest BCUT2D eigenvalue weighted by atomic mass is 16.3. The van der Waals surface area contributed by atoms with Gasteiger partial charge in [-0.2, -0.15) is 5.10 Å². The molecule has 15 heavy (non-hydrogen) atoms. The maximum Gasteiger partial charge on any atom is 0.147 e. The van der Waals surface area contributed by atoms with Crippen molar-refractivity contribution in [2.45, 2.75) is 27.3 Å². The minimum atomic E-state index is -0.157. The van der Waals surface area contributed by atoms with Crippen LogP contribution in [0.2, 0.25) is 0 Å². The van der Waals surface area contributed by atoms with Crippen molar-refractivity contribution < 1.29 is 5.11 Å². The molecule has 0 aliphatic rings. The van der Waals surface area contributed by atoms with Crippen LogP contribution in [0.25, 0.3) is 0 Å². The molecule has 1 rings (SSSR count). The molecule has 5 nitrogen and oxygen atoms in total. The number of aliphatic hydroxyl groups is 1. The zero-order chi connectivity index (χ0) is 11.5. The lowest BCUT2D eigenvalue weighted by Gasteiger charge is -2.22. The van der Waals surface area contributed by atoms with E-state index in [1.54, 1.807) is 6.20 Å². The van der Waals surface area contributed by atoms with Crippen LogP contribution in [0.4, 0.5) is 11.5 Å². The largest absolute Gasteiger partial charge is 0.396 e. The fourth-order valence-corrected chi connectivity index (χ4v) is 1.21. The van der Waals surface area contributed by atoms with Gasteiger partial charge in [0.25, 0.3) is 0 Å². The molecule has 0 spiro atoms. The average molecular weight is 212 g/mol. The summed E-state index contributed by atoms with van der Waals surface area (Å²) >= 11 is 0. The van der Waals surface area contributed by atoms with Crippen molar-refractivity contribution in [1.82, 2.24) is 9.78 Å². The Hall–Kier alpha value is -1.23. The molecule has 0 bridgehead atoms. The van der Waals surface area contributed by atoms with Crippen LogP contribution in [-0.2, 0) is 6.54 Å². The first kappa shape index (κ1) is 11.8. The molecule has 0 atom stereocenters. The van der Waals surface area contributed by atoms with Gasteiger partial charge in [0.15, 0.2) is 0 Å². The second-order valence-electron chi connectivity index (χ2n) is 4.44. The molecule has 1 heterocycles. The molecule has 0 aliphatic carbocycles. The van der Waals surface area contributed by atoms with Crippen LogP contribution in [0.15, 0.2) is 6.20 Å². The Labute approximate surface area is 90.3 Å². The first-order valence-electron chi connectivity index (χ1n) is 5.16. The van der Waals surface area contributed by atoms with Gasteiger partial charge in [-0.25, -0.2) is 4.68 Å². The SMILES string of the molecule is CCn1ncc(N)c1NCC(C)(C)CO. The van der Waals surface area contributed by atoms with Crippen LogP contribution in [0, 0.1) is 5.41 Å². The van der Waals surface area contributed by atoms with Gasteiger partial charge in [-0.1, -0.05) is 13.8 Å². The number of anilines is 2. The second-order valence-corrected chi connectivity index (χ2v) is 4.44. The number of aliphatic hydroxyl groups excluding tert-OH is 1. The number of aromatic nitrogens is 2. The lowest BCUT2D eigenvalue weighted by molar-refractivity contribution is 0.170. The Morgan fingerprint density at radius 1 is 1.60 bits per heavy atom. The number of rotatable bonds is 5. The quantitative estimate of drug-likeness (QED) is 0.678. The number of nitrogen functional groups attached to an aromatic ring is 1. The lowest BCUT2D eigenvalue weighted by Crippen LogP contribution is -2.27. The molecule has 0 aliphatic heterocycles. The molecule has 0 amide bonds. The fraction of sp³-hybridized carbons (Fsp3) is 0.700. The number of hydrogen-bond donors (Lipinski definition) is 3. The predicted octanol–water partition coefficient (Wildman–Crippen LogP) is 0.916. The number of nitrogens with one attached hydrogen (secondary N) is 1. The zero-order valence-electron chi connectivity index (χ0n) is 9.62. The van der Waals surface area contributed by atoms with E-state index in [-0.39, 0.29) is 12.0 Å². The van der Waals surface area contributed by atoms with Crippen molar-refractivity contribution in [1.29, 1.82) is 0 Å². The molecule has 1 aromatic heterocycles. The molecule has 0 radical (unpaired) electrons. The molecule has 4 N–H and O–H groups in total. The van der Waals surface area contributed by atoms with Gasteiger partial charge in [0, 0.05) is 25.1 Å². The standard InChI is InChI=1S/C10H20N4O/c1-4-14-9(8(11)5-13-14)12-6-10(2,3)7-15/h5,12,15H,4,6-7,11H2,1-3H3. The Balaban J connectivity index is 2.68.